The summed E-state index contributed by atoms with van der Waals surface area (Å²) in [6, 6.07) is 18.5. The Bertz CT molecular complexity index is 2380. The van der Waals surface area contributed by atoms with Crippen molar-refractivity contribution in [3.8, 4) is 0 Å². The van der Waals surface area contributed by atoms with Crippen LogP contribution in [0.15, 0.2) is 112 Å². The van der Waals surface area contributed by atoms with Crippen molar-refractivity contribution >= 4 is 40.6 Å². The zero-order chi connectivity index (χ0) is 43.7. The van der Waals surface area contributed by atoms with E-state index in [9.17, 15) is 28.6 Å². The molecule has 13 heteroatoms. The normalized spacial score (nSPS) is 24.0. The number of aromatic nitrogens is 2. The Morgan fingerprint density at radius 1 is 1.00 bits per heavy atom. The molecule has 0 bridgehead atoms. The molecular formula is C48H58F2N5O5S+. The maximum atomic E-state index is 14.7. The SMILES string of the molecule is CCCN1/C(=C/C=C2\CCCC(/C=C/C3=[N+](CCC)c4ccccc4C3(C)C)=C2SCCC(=O)Nc2ccn([C@@H]3O[C@H](CO)[C@@H](O)C3(F)F)c(=O)n2)C(C)(C)c2ccccc21. The van der Waals surface area contributed by atoms with Crippen LogP contribution in [0.1, 0.15) is 97.4 Å². The van der Waals surface area contributed by atoms with Gasteiger partial charge in [0.1, 0.15) is 18.5 Å². The first-order valence-electron chi connectivity index (χ1n) is 21.4. The van der Waals surface area contributed by atoms with Gasteiger partial charge in [-0.3, -0.25) is 9.36 Å². The zero-order valence-corrected chi connectivity index (χ0v) is 36.8. The number of amides is 1. The van der Waals surface area contributed by atoms with E-state index in [0.717, 1.165) is 56.3 Å². The molecule has 0 radical (unpaired) electrons. The number of carbonyl (C=O) groups excluding carboxylic acids is 1. The number of benzene rings is 2. The van der Waals surface area contributed by atoms with E-state index in [-0.39, 0.29) is 29.0 Å². The van der Waals surface area contributed by atoms with Crippen LogP contribution in [-0.4, -0.2) is 79.5 Å². The number of thioether (sulfide) groups is 1. The highest BCUT2D eigenvalue weighted by Crippen LogP contribution is 2.48. The molecule has 4 heterocycles. The molecule has 324 valence electrons. The Labute approximate surface area is 361 Å². The highest BCUT2D eigenvalue weighted by Gasteiger charge is 2.59. The number of ether oxygens (including phenoxy) is 1. The number of carbonyl (C=O) groups is 1. The van der Waals surface area contributed by atoms with Gasteiger partial charge in [-0.2, -0.15) is 18.3 Å². The van der Waals surface area contributed by atoms with Gasteiger partial charge < -0.3 is 25.2 Å². The lowest BCUT2D eigenvalue weighted by Gasteiger charge is -2.27. The van der Waals surface area contributed by atoms with Gasteiger partial charge in [-0.25, -0.2) is 4.79 Å². The third-order valence-electron chi connectivity index (χ3n) is 12.3. The summed E-state index contributed by atoms with van der Waals surface area (Å²) in [5.41, 5.74) is 8.64. The number of hydrogen-bond donors (Lipinski definition) is 3. The minimum Gasteiger partial charge on any atom is -0.394 e. The molecule has 3 atom stereocenters. The van der Waals surface area contributed by atoms with E-state index in [1.54, 1.807) is 11.8 Å². The number of allylic oxidation sites excluding steroid dienone is 7. The number of fused-ring (bicyclic) bond motifs is 2. The lowest BCUT2D eigenvalue weighted by atomic mass is 9.81. The van der Waals surface area contributed by atoms with Gasteiger partial charge in [0.2, 0.25) is 17.8 Å². The van der Waals surface area contributed by atoms with Gasteiger partial charge in [0.05, 0.1) is 12.0 Å². The van der Waals surface area contributed by atoms with Crippen molar-refractivity contribution in [3.63, 3.8) is 0 Å². The van der Waals surface area contributed by atoms with Crippen molar-refractivity contribution in [2.24, 2.45) is 0 Å². The second-order valence-corrected chi connectivity index (χ2v) is 18.3. The number of halogens is 2. The van der Waals surface area contributed by atoms with Crippen molar-refractivity contribution in [2.75, 3.05) is 35.7 Å². The Morgan fingerprint density at radius 2 is 1.74 bits per heavy atom. The molecule has 2 aromatic carbocycles. The first kappa shape index (κ1) is 44.4. The summed E-state index contributed by atoms with van der Waals surface area (Å²) < 4.78 is 37.5. The molecule has 61 heavy (non-hydrogen) atoms. The molecule has 4 aliphatic rings. The van der Waals surface area contributed by atoms with Crippen LogP contribution >= 0.6 is 11.8 Å². The molecule has 1 amide bonds. The third-order valence-corrected chi connectivity index (χ3v) is 13.6. The van der Waals surface area contributed by atoms with E-state index in [0.29, 0.717) is 10.3 Å². The second kappa shape index (κ2) is 18.0. The molecule has 1 aliphatic carbocycles. The number of alkyl halides is 2. The largest absolute Gasteiger partial charge is 0.394 e. The summed E-state index contributed by atoms with van der Waals surface area (Å²) in [5.74, 6) is -3.87. The fraction of sp³-hybridized carbons (Fsp3) is 0.458. The molecule has 1 saturated heterocycles. The maximum absolute atomic E-state index is 14.7. The Kier molecular flexibility index (Phi) is 13.1. The molecule has 0 saturated carbocycles. The topological polar surface area (TPSA) is 120 Å². The molecule has 7 rings (SSSR count). The number of rotatable bonds is 14. The standard InChI is InChI=1S/C48H57F2N5O5S/c1-7-26-53-35-18-11-9-16-33(35)46(3,4)38(53)22-20-31-14-13-15-32(21-23-39-47(5,6)34-17-10-12-19-36(34)54(39)27-8-2)42(31)61-29-25-41(57)51-40-24-28-55(45(59)52-40)44-48(49,50)43(58)37(30-56)60-44/h9-12,16-24,28,37,43-44,56,58H,7-8,13-15,25-27,29-30H2,1-6H3/p+1/t37-,43-,44-/m1/s1. The number of nitrogens with zero attached hydrogens (tertiary/aromatic N) is 4. The van der Waals surface area contributed by atoms with Crippen molar-refractivity contribution in [2.45, 2.75) is 115 Å². The van der Waals surface area contributed by atoms with E-state index in [4.69, 9.17) is 4.74 Å². The summed E-state index contributed by atoms with van der Waals surface area (Å²) in [6.07, 6.45) is 9.10. The predicted molar refractivity (Wildman–Crippen MR) is 239 cm³/mol. The van der Waals surface area contributed by atoms with Crippen LogP contribution in [0.5, 0.6) is 0 Å². The predicted octanol–water partition coefficient (Wildman–Crippen LogP) is 8.69. The number of hydrogen-bond acceptors (Lipinski definition) is 8. The first-order chi connectivity index (χ1) is 29.1. The monoisotopic (exact) mass is 854 g/mol. The zero-order valence-electron chi connectivity index (χ0n) is 36.0. The Morgan fingerprint density at radius 3 is 2.44 bits per heavy atom. The second-order valence-electron chi connectivity index (χ2n) is 17.2. The fourth-order valence-electron chi connectivity index (χ4n) is 9.21. The summed E-state index contributed by atoms with van der Waals surface area (Å²) >= 11 is 1.64. The van der Waals surface area contributed by atoms with Gasteiger partial charge >= 0.3 is 11.6 Å². The maximum Gasteiger partial charge on any atom is 0.351 e. The van der Waals surface area contributed by atoms with Gasteiger partial charge in [-0.05, 0) is 74.4 Å². The lowest BCUT2D eigenvalue weighted by Crippen LogP contribution is -2.41. The Hall–Kier alpha value is -4.69. The lowest BCUT2D eigenvalue weighted by molar-refractivity contribution is -0.437. The fourth-order valence-corrected chi connectivity index (χ4v) is 10.4. The molecule has 10 nitrogen and oxygen atoms in total. The minimum atomic E-state index is -3.84. The van der Waals surface area contributed by atoms with Crippen molar-refractivity contribution < 1.29 is 33.1 Å². The smallest absolute Gasteiger partial charge is 0.351 e. The number of nitrogens with one attached hydrogen (secondary N) is 1. The van der Waals surface area contributed by atoms with E-state index in [2.05, 4.69) is 134 Å². The minimum absolute atomic E-state index is 0.0878. The summed E-state index contributed by atoms with van der Waals surface area (Å²) in [4.78, 5) is 33.5. The number of anilines is 2. The highest BCUT2D eigenvalue weighted by molar-refractivity contribution is 8.03. The van der Waals surface area contributed by atoms with Crippen molar-refractivity contribution in [1.29, 1.82) is 0 Å². The van der Waals surface area contributed by atoms with Crippen LogP contribution in [0.25, 0.3) is 0 Å². The van der Waals surface area contributed by atoms with Crippen LogP contribution in [0.3, 0.4) is 0 Å². The van der Waals surface area contributed by atoms with E-state index >= 15 is 0 Å². The molecule has 3 aromatic rings. The molecule has 3 aliphatic heterocycles. The van der Waals surface area contributed by atoms with Crippen molar-refractivity contribution in [3.05, 3.63) is 128 Å². The molecular weight excluding hydrogens is 797 g/mol. The van der Waals surface area contributed by atoms with Crippen LogP contribution in [-0.2, 0) is 20.4 Å². The average Bonchev–Trinajstić information content (AvgIpc) is 3.69. The highest BCUT2D eigenvalue weighted by atomic mass is 32.2. The molecule has 3 N–H and O–H groups in total. The molecule has 1 fully saturated rings. The van der Waals surface area contributed by atoms with Gasteiger partial charge in [-0.1, -0.05) is 76.2 Å². The van der Waals surface area contributed by atoms with E-state index in [1.165, 1.54) is 51.1 Å². The van der Waals surface area contributed by atoms with Gasteiger partial charge in [0.25, 0.3) is 0 Å². The van der Waals surface area contributed by atoms with Crippen LogP contribution < -0.4 is 15.9 Å². The van der Waals surface area contributed by atoms with Crippen molar-refractivity contribution in [1.82, 2.24) is 9.55 Å². The van der Waals surface area contributed by atoms with Gasteiger partial charge in [0, 0.05) is 70.7 Å². The average molecular weight is 855 g/mol. The van der Waals surface area contributed by atoms with Crippen LogP contribution in [0.4, 0.5) is 26.0 Å². The summed E-state index contributed by atoms with van der Waals surface area (Å²) in [5, 5.41) is 21.9. The Balaban J connectivity index is 1.16. The summed E-state index contributed by atoms with van der Waals surface area (Å²) in [7, 11) is 0. The number of aliphatic hydroxyl groups excluding tert-OH is 2. The third kappa shape index (κ3) is 8.46. The van der Waals surface area contributed by atoms with Crippen LogP contribution in [0, 0.1) is 0 Å². The van der Waals surface area contributed by atoms with E-state index in [1.807, 2.05) is 0 Å². The number of para-hydroxylation sites is 2. The van der Waals surface area contributed by atoms with E-state index < -0.39 is 36.7 Å². The quantitative estimate of drug-likeness (QED) is 0.138. The summed E-state index contributed by atoms with van der Waals surface area (Å²) in [6.45, 7) is 14.6. The molecule has 1 aromatic heterocycles. The first-order valence-corrected chi connectivity index (χ1v) is 22.4. The molecule has 0 spiro atoms. The van der Waals surface area contributed by atoms with Gasteiger partial charge in [-0.15, -0.1) is 11.8 Å². The number of aliphatic hydroxyl groups is 2. The van der Waals surface area contributed by atoms with Crippen LogP contribution in [0.2, 0.25) is 0 Å². The van der Waals surface area contributed by atoms with Gasteiger partial charge in [0.15, 0.2) is 11.8 Å². The molecule has 0 unspecified atom stereocenters.